The molecule has 1 saturated heterocycles. The average molecular weight is 753 g/mol. The van der Waals surface area contributed by atoms with E-state index in [1.54, 1.807) is 0 Å². The summed E-state index contributed by atoms with van der Waals surface area (Å²) in [6, 6.07) is 35.0. The van der Waals surface area contributed by atoms with Crippen LogP contribution in [0, 0.1) is 0 Å². The third kappa shape index (κ3) is 7.13. The highest BCUT2D eigenvalue weighted by atomic mass is 15.2. The van der Waals surface area contributed by atoms with Gasteiger partial charge < -0.3 is 4.57 Å². The van der Waals surface area contributed by atoms with Crippen molar-refractivity contribution in [3.63, 3.8) is 0 Å². The maximum atomic E-state index is 3.95. The molecule has 1 fully saturated rings. The topological polar surface area (TPSA) is 26.9 Å². The fourth-order valence-electron chi connectivity index (χ4n) is 9.77. The van der Waals surface area contributed by atoms with E-state index in [0.717, 1.165) is 70.6 Å². The molecule has 5 aromatic rings. The predicted octanol–water partition coefficient (Wildman–Crippen LogP) is 14.1. The number of nitrogens with zero attached hydrogens (tertiary/aromatic N) is 1. The molecule has 1 aromatic heterocycles. The van der Waals surface area contributed by atoms with Crippen LogP contribution >= 0.6 is 0 Å². The first-order valence-electron chi connectivity index (χ1n) is 21.6. The van der Waals surface area contributed by atoms with Gasteiger partial charge in [0, 0.05) is 33.8 Å². The molecule has 58 heavy (non-hydrogen) atoms. The molecule has 5 aliphatic rings. The van der Waals surface area contributed by atoms with Crippen LogP contribution < -0.4 is 5.32 Å². The van der Waals surface area contributed by atoms with E-state index >= 15 is 0 Å². The number of nitrogens with one attached hydrogen (secondary N) is 1. The van der Waals surface area contributed by atoms with Crippen molar-refractivity contribution >= 4 is 28.1 Å². The molecule has 2 atom stereocenters. The smallest absolute Gasteiger partial charge is 0.0612 e. The fourth-order valence-corrected chi connectivity index (χ4v) is 9.77. The van der Waals surface area contributed by atoms with Crippen molar-refractivity contribution in [2.75, 3.05) is 0 Å². The van der Waals surface area contributed by atoms with E-state index in [0.29, 0.717) is 12.1 Å². The Balaban J connectivity index is 1.13. The average Bonchev–Trinajstić information content (AvgIpc) is 3.77. The molecule has 2 heteroatoms. The van der Waals surface area contributed by atoms with E-state index < -0.39 is 0 Å². The summed E-state index contributed by atoms with van der Waals surface area (Å²) >= 11 is 0. The van der Waals surface area contributed by atoms with Crippen molar-refractivity contribution in [2.45, 2.75) is 82.7 Å². The summed E-state index contributed by atoms with van der Waals surface area (Å²) in [6.45, 7) is 3.90. The number of rotatable bonds is 12. The molecule has 2 heterocycles. The second-order valence-corrected chi connectivity index (χ2v) is 16.5. The summed E-state index contributed by atoms with van der Waals surface area (Å²) in [6.07, 6.45) is 34.6. The SMILES string of the molecule is C=CCC/C=C\Cc1ccc2c(c1)c1c(n2-c2c(C3=CC=CCC3)cc(C3NC3C3=CC=C(c4ccccc4)CC3)cc2-c2ccccc2)CCC(C2=C=CCC2)=C1. The van der Waals surface area contributed by atoms with E-state index in [1.165, 1.54) is 89.1 Å². The molecule has 0 bridgehead atoms. The molecular formula is C56H52N2. The summed E-state index contributed by atoms with van der Waals surface area (Å²) in [4.78, 5) is 0. The van der Waals surface area contributed by atoms with Crippen LogP contribution in [-0.4, -0.2) is 10.6 Å². The normalized spacial score (nSPS) is 19.8. The van der Waals surface area contributed by atoms with Crippen LogP contribution in [0.15, 0.2) is 175 Å². The monoisotopic (exact) mass is 752 g/mol. The van der Waals surface area contributed by atoms with Crippen LogP contribution in [0.5, 0.6) is 0 Å². The first kappa shape index (κ1) is 36.4. The minimum absolute atomic E-state index is 0.295. The summed E-state index contributed by atoms with van der Waals surface area (Å²) in [5.41, 5.74) is 24.3. The second kappa shape index (κ2) is 16.1. The molecule has 4 aromatic carbocycles. The molecule has 10 rings (SSSR count). The summed E-state index contributed by atoms with van der Waals surface area (Å²) in [5.74, 6) is 0. The first-order chi connectivity index (χ1) is 28.7. The maximum Gasteiger partial charge on any atom is 0.0612 e. The Morgan fingerprint density at radius 2 is 1.53 bits per heavy atom. The van der Waals surface area contributed by atoms with Crippen LogP contribution in [0.25, 0.3) is 44.9 Å². The van der Waals surface area contributed by atoms with Gasteiger partial charge in [-0.15, -0.1) is 12.3 Å². The minimum Gasteiger partial charge on any atom is -0.312 e. The largest absolute Gasteiger partial charge is 0.312 e. The zero-order chi connectivity index (χ0) is 38.8. The number of unbranched alkanes of at least 4 members (excludes halogenated alkanes) is 1. The minimum atomic E-state index is 0.295. The van der Waals surface area contributed by atoms with Gasteiger partial charge in [-0.05, 0) is 152 Å². The van der Waals surface area contributed by atoms with E-state index in [1.807, 2.05) is 6.08 Å². The molecule has 0 spiro atoms. The highest BCUT2D eigenvalue weighted by Gasteiger charge is 2.41. The van der Waals surface area contributed by atoms with Gasteiger partial charge in [-0.25, -0.2) is 0 Å². The van der Waals surface area contributed by atoms with Gasteiger partial charge in [0.15, 0.2) is 0 Å². The van der Waals surface area contributed by atoms with E-state index in [9.17, 15) is 0 Å². The number of hydrogen-bond donors (Lipinski definition) is 1. The zero-order valence-electron chi connectivity index (χ0n) is 33.5. The standard InChI is InChI=1S/C56H52N2/c1-2-3-4-5-9-18-39-27-33-52-50(35-39)51-36-46(41-21-16-17-22-41)32-34-53(51)58(52)56-48(43-23-12-7-13-24-43)37-47(38-49(56)44-25-14-8-15-26-44)55-54(57-55)45-30-28-42(29-31-45)40-19-10-6-11-20-40/h2,5-14,16,19-20,23-25,27-28,30,33,35-38,54-55,57H,1,3-4,15,17-18,22,26,29,31-32,34H2/b9-5-. The zero-order valence-corrected chi connectivity index (χ0v) is 33.5. The van der Waals surface area contributed by atoms with Crippen molar-refractivity contribution < 1.29 is 0 Å². The Labute approximate surface area is 344 Å². The van der Waals surface area contributed by atoms with Crippen molar-refractivity contribution in [2.24, 2.45) is 0 Å². The quantitative estimate of drug-likeness (QED) is 0.0584. The third-order valence-electron chi connectivity index (χ3n) is 12.9. The molecule has 2 nitrogen and oxygen atoms in total. The summed E-state index contributed by atoms with van der Waals surface area (Å²) in [5, 5.41) is 5.31. The van der Waals surface area contributed by atoms with Gasteiger partial charge in [0.05, 0.1) is 17.2 Å². The predicted molar refractivity (Wildman–Crippen MR) is 246 cm³/mol. The molecule has 1 N–H and O–H groups in total. The van der Waals surface area contributed by atoms with Crippen LogP contribution in [0.3, 0.4) is 0 Å². The number of aromatic nitrogens is 1. The molecule has 4 aliphatic carbocycles. The van der Waals surface area contributed by atoms with Crippen LogP contribution in [0.1, 0.15) is 97.3 Å². The highest BCUT2D eigenvalue weighted by Crippen LogP contribution is 2.47. The van der Waals surface area contributed by atoms with E-state index in [4.69, 9.17) is 0 Å². The number of hydrogen-bond acceptors (Lipinski definition) is 1. The number of allylic oxidation sites excluding steroid dienone is 12. The van der Waals surface area contributed by atoms with E-state index in [-0.39, 0.29) is 0 Å². The molecular weight excluding hydrogens is 701 g/mol. The molecule has 2 unspecified atom stereocenters. The summed E-state index contributed by atoms with van der Waals surface area (Å²) in [7, 11) is 0. The van der Waals surface area contributed by atoms with Crippen LogP contribution in [0.4, 0.5) is 0 Å². The Hall–Kier alpha value is -5.92. The van der Waals surface area contributed by atoms with Crippen molar-refractivity contribution in [1.29, 1.82) is 0 Å². The Kier molecular flexibility index (Phi) is 10.1. The van der Waals surface area contributed by atoms with Crippen molar-refractivity contribution in [3.05, 3.63) is 208 Å². The lowest BCUT2D eigenvalue weighted by Crippen LogP contribution is -2.10. The molecule has 0 saturated carbocycles. The van der Waals surface area contributed by atoms with Gasteiger partial charge in [0.25, 0.3) is 0 Å². The Bertz CT molecular complexity index is 2660. The van der Waals surface area contributed by atoms with Gasteiger partial charge in [-0.2, -0.15) is 0 Å². The fraction of sp³-hybridized carbons (Fsp3) is 0.232. The van der Waals surface area contributed by atoms with E-state index in [2.05, 4.69) is 168 Å². The van der Waals surface area contributed by atoms with Gasteiger partial charge >= 0.3 is 0 Å². The maximum absolute atomic E-state index is 3.95. The molecule has 0 amide bonds. The van der Waals surface area contributed by atoms with Gasteiger partial charge in [-0.1, -0.05) is 121 Å². The molecule has 286 valence electrons. The van der Waals surface area contributed by atoms with Gasteiger partial charge in [-0.3, -0.25) is 5.32 Å². The van der Waals surface area contributed by atoms with Gasteiger partial charge in [0.2, 0.25) is 0 Å². The number of benzene rings is 4. The van der Waals surface area contributed by atoms with Crippen molar-refractivity contribution in [1.82, 2.24) is 9.88 Å². The highest BCUT2D eigenvalue weighted by molar-refractivity contribution is 5.97. The lowest BCUT2D eigenvalue weighted by molar-refractivity contribution is 0.847. The molecule has 0 radical (unpaired) electrons. The van der Waals surface area contributed by atoms with Crippen LogP contribution in [-0.2, 0) is 12.8 Å². The lowest BCUT2D eigenvalue weighted by atomic mass is 9.86. The lowest BCUT2D eigenvalue weighted by Gasteiger charge is -2.25. The van der Waals surface area contributed by atoms with Gasteiger partial charge in [0.1, 0.15) is 0 Å². The van der Waals surface area contributed by atoms with Crippen LogP contribution in [0.2, 0.25) is 0 Å². The Morgan fingerprint density at radius 3 is 2.29 bits per heavy atom. The molecule has 1 aliphatic heterocycles. The summed E-state index contributed by atoms with van der Waals surface area (Å²) < 4.78 is 2.68. The first-order valence-corrected chi connectivity index (χ1v) is 21.6. The number of fused-ring (bicyclic) bond motifs is 3. The second-order valence-electron chi connectivity index (χ2n) is 16.5. The third-order valence-corrected chi connectivity index (χ3v) is 12.9. The Morgan fingerprint density at radius 1 is 0.707 bits per heavy atom. The van der Waals surface area contributed by atoms with Crippen molar-refractivity contribution in [3.8, 4) is 16.8 Å².